The minimum Gasteiger partial charge on any atom is -0.379 e. The molecule has 0 heterocycles. The van der Waals surface area contributed by atoms with Crippen molar-refractivity contribution in [1.29, 1.82) is 0 Å². The molecule has 1 unspecified atom stereocenters. The summed E-state index contributed by atoms with van der Waals surface area (Å²) in [5.74, 6) is 0.168. The van der Waals surface area contributed by atoms with E-state index in [0.717, 1.165) is 6.42 Å². The van der Waals surface area contributed by atoms with Gasteiger partial charge in [0.15, 0.2) is 5.78 Å². The predicted molar refractivity (Wildman–Crippen MR) is 65.7 cm³/mol. The fourth-order valence-electron chi connectivity index (χ4n) is 1.48. The van der Waals surface area contributed by atoms with Crippen molar-refractivity contribution >= 4 is 5.78 Å². The zero-order chi connectivity index (χ0) is 12.8. The van der Waals surface area contributed by atoms with Crippen LogP contribution in [0, 0.1) is 0 Å². The van der Waals surface area contributed by atoms with Crippen molar-refractivity contribution in [3.8, 4) is 0 Å². The van der Waals surface area contributed by atoms with E-state index in [1.54, 1.807) is 7.11 Å². The number of hydrogen-bond donors (Lipinski definition) is 0. The predicted octanol–water partition coefficient (Wildman–Crippen LogP) is 2.97. The number of ketones is 1. The summed E-state index contributed by atoms with van der Waals surface area (Å²) in [5.41, 5.74) is -0.866. The fourth-order valence-corrected chi connectivity index (χ4v) is 1.48. The molecule has 0 saturated heterocycles. The van der Waals surface area contributed by atoms with Crippen LogP contribution in [-0.2, 0) is 14.3 Å². The molecule has 0 aliphatic heterocycles. The van der Waals surface area contributed by atoms with Gasteiger partial charge in [-0.3, -0.25) is 4.79 Å². The van der Waals surface area contributed by atoms with Gasteiger partial charge in [-0.1, -0.05) is 6.92 Å². The summed E-state index contributed by atoms with van der Waals surface area (Å²) in [7, 11) is 1.67. The first-order valence-electron chi connectivity index (χ1n) is 6.03. The molecule has 0 bridgehead atoms. The van der Waals surface area contributed by atoms with Gasteiger partial charge in [-0.15, -0.1) is 0 Å². The fraction of sp³-hybridized carbons (Fsp3) is 0.923. The maximum atomic E-state index is 12.1. The van der Waals surface area contributed by atoms with Crippen molar-refractivity contribution in [3.05, 3.63) is 0 Å². The van der Waals surface area contributed by atoms with Crippen molar-refractivity contribution in [2.75, 3.05) is 13.7 Å². The molecule has 0 fully saturated rings. The van der Waals surface area contributed by atoms with E-state index < -0.39 is 5.60 Å². The summed E-state index contributed by atoms with van der Waals surface area (Å²) in [4.78, 5) is 12.1. The average molecular weight is 230 g/mol. The third-order valence-electron chi connectivity index (χ3n) is 3.23. The normalized spacial score (nSPS) is 15.9. The maximum Gasteiger partial charge on any atom is 0.164 e. The van der Waals surface area contributed by atoms with Crippen LogP contribution in [0.3, 0.4) is 0 Å². The first-order chi connectivity index (χ1) is 7.31. The Balaban J connectivity index is 4.33. The molecule has 0 saturated carbocycles. The second-order valence-electron chi connectivity index (χ2n) is 4.90. The average Bonchev–Trinajstić information content (AvgIpc) is 2.26. The van der Waals surface area contributed by atoms with E-state index in [0.29, 0.717) is 19.4 Å². The monoisotopic (exact) mass is 230 g/mol. The van der Waals surface area contributed by atoms with Crippen molar-refractivity contribution in [2.45, 2.75) is 65.1 Å². The van der Waals surface area contributed by atoms with E-state index in [2.05, 4.69) is 0 Å². The quantitative estimate of drug-likeness (QED) is 0.643. The molecule has 0 aromatic carbocycles. The van der Waals surface area contributed by atoms with Crippen LogP contribution in [0.1, 0.15) is 53.9 Å². The van der Waals surface area contributed by atoms with E-state index in [-0.39, 0.29) is 11.4 Å². The first kappa shape index (κ1) is 15.6. The molecule has 0 aromatic heterocycles. The van der Waals surface area contributed by atoms with Gasteiger partial charge in [-0.05, 0) is 40.5 Å². The SMILES string of the molecule is CCOC(C)(CC)C(=O)CCC(C)(C)OC. The number of Topliss-reactive ketones (excluding diaryl/α,β-unsaturated/α-hetero) is 1. The Morgan fingerprint density at radius 1 is 1.19 bits per heavy atom. The van der Waals surface area contributed by atoms with Gasteiger partial charge in [-0.2, -0.15) is 0 Å². The second-order valence-corrected chi connectivity index (χ2v) is 4.90. The summed E-state index contributed by atoms with van der Waals surface area (Å²) >= 11 is 0. The number of methoxy groups -OCH3 is 1. The summed E-state index contributed by atoms with van der Waals surface area (Å²) in [6, 6.07) is 0. The zero-order valence-electron chi connectivity index (χ0n) is 11.6. The van der Waals surface area contributed by atoms with Crippen molar-refractivity contribution < 1.29 is 14.3 Å². The van der Waals surface area contributed by atoms with Crippen LogP contribution in [0.4, 0.5) is 0 Å². The molecule has 0 rings (SSSR count). The van der Waals surface area contributed by atoms with Crippen LogP contribution >= 0.6 is 0 Å². The van der Waals surface area contributed by atoms with Crippen LogP contribution in [0.25, 0.3) is 0 Å². The number of rotatable bonds is 8. The molecule has 0 spiro atoms. The van der Waals surface area contributed by atoms with Crippen molar-refractivity contribution in [2.24, 2.45) is 0 Å². The molecule has 0 N–H and O–H groups in total. The van der Waals surface area contributed by atoms with Crippen molar-refractivity contribution in [3.63, 3.8) is 0 Å². The van der Waals surface area contributed by atoms with Gasteiger partial charge in [0.1, 0.15) is 5.60 Å². The van der Waals surface area contributed by atoms with Crippen LogP contribution < -0.4 is 0 Å². The molecule has 16 heavy (non-hydrogen) atoms. The summed E-state index contributed by atoms with van der Waals surface area (Å²) < 4.78 is 10.9. The van der Waals surface area contributed by atoms with Crippen LogP contribution in [0.5, 0.6) is 0 Å². The largest absolute Gasteiger partial charge is 0.379 e. The summed E-state index contributed by atoms with van der Waals surface area (Å²) in [5, 5.41) is 0. The number of carbonyl (C=O) groups is 1. The molecule has 0 aromatic rings. The maximum absolute atomic E-state index is 12.1. The van der Waals surface area contributed by atoms with Crippen LogP contribution in [0.15, 0.2) is 0 Å². The van der Waals surface area contributed by atoms with E-state index >= 15 is 0 Å². The number of ether oxygens (including phenoxy) is 2. The van der Waals surface area contributed by atoms with E-state index in [4.69, 9.17) is 9.47 Å². The Bertz CT molecular complexity index is 223. The van der Waals surface area contributed by atoms with Gasteiger partial charge < -0.3 is 9.47 Å². The minimum atomic E-state index is -0.626. The molecule has 0 radical (unpaired) electrons. The highest BCUT2D eigenvalue weighted by molar-refractivity contribution is 5.86. The van der Waals surface area contributed by atoms with Gasteiger partial charge in [0.25, 0.3) is 0 Å². The van der Waals surface area contributed by atoms with E-state index in [1.807, 2.05) is 34.6 Å². The number of hydrogen-bond acceptors (Lipinski definition) is 3. The Morgan fingerprint density at radius 3 is 2.12 bits per heavy atom. The summed E-state index contributed by atoms with van der Waals surface area (Å²) in [6.45, 7) is 10.3. The van der Waals surface area contributed by atoms with Crippen LogP contribution in [0.2, 0.25) is 0 Å². The standard InChI is InChI=1S/C13H26O3/c1-7-13(5,16-8-2)11(14)9-10-12(3,4)15-6/h7-10H2,1-6H3. The molecule has 3 heteroatoms. The molecular formula is C13H26O3. The molecule has 0 aliphatic carbocycles. The van der Waals surface area contributed by atoms with Gasteiger partial charge in [0.2, 0.25) is 0 Å². The lowest BCUT2D eigenvalue weighted by atomic mass is 9.90. The molecule has 1 atom stereocenters. The number of carbonyl (C=O) groups excluding carboxylic acids is 1. The zero-order valence-corrected chi connectivity index (χ0v) is 11.6. The lowest BCUT2D eigenvalue weighted by molar-refractivity contribution is -0.143. The third-order valence-corrected chi connectivity index (χ3v) is 3.23. The third kappa shape index (κ3) is 4.62. The molecule has 0 aliphatic rings. The van der Waals surface area contributed by atoms with Gasteiger partial charge in [0.05, 0.1) is 5.60 Å². The van der Waals surface area contributed by atoms with Crippen molar-refractivity contribution in [1.82, 2.24) is 0 Å². The van der Waals surface area contributed by atoms with Gasteiger partial charge in [0, 0.05) is 20.1 Å². The Labute approximate surface area is 99.5 Å². The lowest BCUT2D eigenvalue weighted by Gasteiger charge is -2.29. The highest BCUT2D eigenvalue weighted by Gasteiger charge is 2.32. The molecule has 3 nitrogen and oxygen atoms in total. The highest BCUT2D eigenvalue weighted by atomic mass is 16.5. The van der Waals surface area contributed by atoms with E-state index in [1.165, 1.54) is 0 Å². The second kappa shape index (κ2) is 6.36. The van der Waals surface area contributed by atoms with Crippen LogP contribution in [-0.4, -0.2) is 30.7 Å². The Kier molecular flexibility index (Phi) is 6.19. The molecule has 0 amide bonds. The minimum absolute atomic E-state index is 0.168. The van der Waals surface area contributed by atoms with Gasteiger partial charge >= 0.3 is 0 Å². The topological polar surface area (TPSA) is 35.5 Å². The molecular weight excluding hydrogens is 204 g/mol. The smallest absolute Gasteiger partial charge is 0.164 e. The van der Waals surface area contributed by atoms with E-state index in [9.17, 15) is 4.79 Å². The van der Waals surface area contributed by atoms with Gasteiger partial charge in [-0.25, -0.2) is 0 Å². The first-order valence-corrected chi connectivity index (χ1v) is 6.03. The molecule has 96 valence electrons. The Morgan fingerprint density at radius 2 is 1.75 bits per heavy atom. The Hall–Kier alpha value is -0.410. The highest BCUT2D eigenvalue weighted by Crippen LogP contribution is 2.23. The lowest BCUT2D eigenvalue weighted by Crippen LogP contribution is -2.39. The summed E-state index contributed by atoms with van der Waals surface area (Å²) in [6.07, 6.45) is 1.95.